The molecular weight excluding hydrogens is 252 g/mol. The van der Waals surface area contributed by atoms with Crippen LogP contribution in [-0.2, 0) is 11.3 Å². The highest BCUT2D eigenvalue weighted by Crippen LogP contribution is 2.17. The summed E-state index contributed by atoms with van der Waals surface area (Å²) in [5.74, 6) is -0.651. The molecule has 0 saturated carbocycles. The third-order valence-corrected chi connectivity index (χ3v) is 3.05. The normalized spacial score (nSPS) is 12.3. The van der Waals surface area contributed by atoms with E-state index in [0.29, 0.717) is 12.4 Å². The third-order valence-electron chi connectivity index (χ3n) is 2.33. The van der Waals surface area contributed by atoms with Crippen LogP contribution in [0, 0.1) is 0 Å². The molecule has 6 heteroatoms. The van der Waals surface area contributed by atoms with Gasteiger partial charge >= 0.3 is 5.97 Å². The van der Waals surface area contributed by atoms with Crippen molar-refractivity contribution in [3.8, 4) is 0 Å². The molecule has 2 aromatic rings. The number of rotatable bonds is 5. The van der Waals surface area contributed by atoms with Gasteiger partial charge in [-0.1, -0.05) is 30.3 Å². The Morgan fingerprint density at radius 3 is 2.78 bits per heavy atom. The molecule has 0 unspecified atom stereocenters. The minimum atomic E-state index is -1.06. The molecule has 0 radical (unpaired) electrons. The summed E-state index contributed by atoms with van der Waals surface area (Å²) in [6, 6.07) is 9.74. The van der Waals surface area contributed by atoms with Crippen molar-refractivity contribution in [3.05, 3.63) is 46.7 Å². The molecule has 0 amide bonds. The number of carbonyl (C=O) groups is 1. The van der Waals surface area contributed by atoms with E-state index in [1.165, 1.54) is 0 Å². The van der Waals surface area contributed by atoms with Crippen molar-refractivity contribution in [1.82, 2.24) is 9.36 Å². The first-order valence-electron chi connectivity index (χ1n) is 5.39. The SMILES string of the molecule is C[C@H](OCc1ccccc1)c1nsc(C(=O)O)n1. The molecular formula is C12H12N2O3S. The predicted octanol–water partition coefficient (Wildman–Crippen LogP) is 2.51. The Morgan fingerprint density at radius 1 is 1.44 bits per heavy atom. The molecule has 1 aromatic heterocycles. The molecule has 0 fully saturated rings. The molecule has 0 aliphatic rings. The average molecular weight is 264 g/mol. The minimum Gasteiger partial charge on any atom is -0.476 e. The molecule has 94 valence electrons. The van der Waals surface area contributed by atoms with Crippen LogP contribution in [-0.4, -0.2) is 20.4 Å². The second kappa shape index (κ2) is 5.70. The number of aromatic carboxylic acids is 1. The molecule has 0 spiro atoms. The molecule has 0 aliphatic heterocycles. The van der Waals surface area contributed by atoms with Gasteiger partial charge in [-0.05, 0) is 24.0 Å². The van der Waals surface area contributed by atoms with Gasteiger partial charge in [-0.2, -0.15) is 4.37 Å². The van der Waals surface area contributed by atoms with Crippen LogP contribution in [0.2, 0.25) is 0 Å². The largest absolute Gasteiger partial charge is 0.476 e. The van der Waals surface area contributed by atoms with E-state index in [1.54, 1.807) is 6.92 Å². The lowest BCUT2D eigenvalue weighted by molar-refractivity contribution is 0.0472. The van der Waals surface area contributed by atoms with Crippen LogP contribution in [0.5, 0.6) is 0 Å². The average Bonchev–Trinajstić information content (AvgIpc) is 2.87. The second-order valence-corrected chi connectivity index (χ2v) is 4.45. The molecule has 2 rings (SSSR count). The summed E-state index contributed by atoms with van der Waals surface area (Å²) >= 11 is 0.867. The van der Waals surface area contributed by atoms with Gasteiger partial charge in [0.25, 0.3) is 0 Å². The second-order valence-electron chi connectivity index (χ2n) is 3.70. The highest BCUT2D eigenvalue weighted by atomic mass is 32.1. The maximum Gasteiger partial charge on any atom is 0.366 e. The van der Waals surface area contributed by atoms with Crippen LogP contribution in [0.3, 0.4) is 0 Å². The molecule has 18 heavy (non-hydrogen) atoms. The van der Waals surface area contributed by atoms with Crippen molar-refractivity contribution in [2.75, 3.05) is 0 Å². The standard InChI is InChI=1S/C12H12N2O3S/c1-8(10-13-11(12(15)16)18-14-10)17-7-9-5-3-2-4-6-9/h2-6,8H,7H2,1H3,(H,15,16)/t8-/m0/s1. The van der Waals surface area contributed by atoms with Gasteiger partial charge in [0.1, 0.15) is 6.10 Å². The Kier molecular flexibility index (Phi) is 4.01. The van der Waals surface area contributed by atoms with Crippen LogP contribution in [0.25, 0.3) is 0 Å². The Balaban J connectivity index is 1.95. The summed E-state index contributed by atoms with van der Waals surface area (Å²) in [7, 11) is 0. The van der Waals surface area contributed by atoms with Gasteiger partial charge in [-0.3, -0.25) is 0 Å². The quantitative estimate of drug-likeness (QED) is 0.898. The highest BCUT2D eigenvalue weighted by Gasteiger charge is 2.16. The first-order valence-corrected chi connectivity index (χ1v) is 6.16. The number of carboxylic acid groups (broad SMARTS) is 1. The Hall–Kier alpha value is -1.79. The maximum absolute atomic E-state index is 10.7. The molecule has 1 N–H and O–H groups in total. The summed E-state index contributed by atoms with van der Waals surface area (Å²) in [6.07, 6.45) is -0.324. The molecule has 0 aliphatic carbocycles. The fourth-order valence-corrected chi connectivity index (χ4v) is 1.94. The maximum atomic E-state index is 10.7. The van der Waals surface area contributed by atoms with Crippen LogP contribution in [0.4, 0.5) is 0 Å². The Morgan fingerprint density at radius 2 is 2.17 bits per heavy atom. The van der Waals surface area contributed by atoms with Gasteiger partial charge in [0, 0.05) is 0 Å². The number of hydrogen-bond donors (Lipinski definition) is 1. The zero-order valence-corrected chi connectivity index (χ0v) is 10.6. The third kappa shape index (κ3) is 3.12. The lowest BCUT2D eigenvalue weighted by Gasteiger charge is -2.09. The van der Waals surface area contributed by atoms with Gasteiger partial charge in [0.2, 0.25) is 5.01 Å². The number of nitrogens with zero attached hydrogens (tertiary/aromatic N) is 2. The first kappa shape index (κ1) is 12.7. The van der Waals surface area contributed by atoms with Gasteiger partial charge in [-0.25, -0.2) is 9.78 Å². The van der Waals surface area contributed by atoms with Crippen LogP contribution >= 0.6 is 11.5 Å². The van der Waals surface area contributed by atoms with E-state index < -0.39 is 5.97 Å². The fourth-order valence-electron chi connectivity index (χ4n) is 1.36. The highest BCUT2D eigenvalue weighted by molar-refractivity contribution is 7.07. The van der Waals surface area contributed by atoms with Crippen molar-refractivity contribution in [2.45, 2.75) is 19.6 Å². The number of aromatic nitrogens is 2. The smallest absolute Gasteiger partial charge is 0.366 e. The van der Waals surface area contributed by atoms with Crippen molar-refractivity contribution < 1.29 is 14.6 Å². The summed E-state index contributed by atoms with van der Waals surface area (Å²) in [5.41, 5.74) is 1.05. The van der Waals surface area contributed by atoms with Crippen LogP contribution in [0.15, 0.2) is 30.3 Å². The van der Waals surface area contributed by atoms with Crippen molar-refractivity contribution in [1.29, 1.82) is 0 Å². The summed E-state index contributed by atoms with van der Waals surface area (Å²) in [4.78, 5) is 14.6. The molecule has 0 bridgehead atoms. The molecule has 1 heterocycles. The lowest BCUT2D eigenvalue weighted by Crippen LogP contribution is -2.03. The van der Waals surface area contributed by atoms with Gasteiger partial charge in [-0.15, -0.1) is 0 Å². The van der Waals surface area contributed by atoms with Crippen LogP contribution < -0.4 is 0 Å². The zero-order valence-electron chi connectivity index (χ0n) is 9.74. The Bertz CT molecular complexity index is 527. The minimum absolute atomic E-state index is 0.0137. The fraction of sp³-hybridized carbons (Fsp3) is 0.250. The summed E-state index contributed by atoms with van der Waals surface area (Å²) < 4.78 is 9.57. The number of carboxylic acids is 1. The number of ether oxygens (including phenoxy) is 1. The van der Waals surface area contributed by atoms with E-state index in [0.717, 1.165) is 17.1 Å². The number of benzene rings is 1. The summed E-state index contributed by atoms with van der Waals surface area (Å²) in [5, 5.41) is 8.74. The summed E-state index contributed by atoms with van der Waals surface area (Å²) in [6.45, 7) is 2.25. The first-order chi connectivity index (χ1) is 8.66. The zero-order chi connectivity index (χ0) is 13.0. The van der Waals surface area contributed by atoms with E-state index in [1.807, 2.05) is 30.3 Å². The number of hydrogen-bond acceptors (Lipinski definition) is 5. The van der Waals surface area contributed by atoms with Gasteiger partial charge in [0.05, 0.1) is 6.61 Å². The van der Waals surface area contributed by atoms with Crippen molar-refractivity contribution in [2.24, 2.45) is 0 Å². The van der Waals surface area contributed by atoms with E-state index in [4.69, 9.17) is 9.84 Å². The predicted molar refractivity (Wildman–Crippen MR) is 66.5 cm³/mol. The molecule has 1 atom stereocenters. The van der Waals surface area contributed by atoms with Crippen molar-refractivity contribution >= 4 is 17.5 Å². The van der Waals surface area contributed by atoms with Crippen LogP contribution in [0.1, 0.15) is 34.2 Å². The topological polar surface area (TPSA) is 72.3 Å². The van der Waals surface area contributed by atoms with Gasteiger partial charge in [0.15, 0.2) is 5.82 Å². The Labute approximate surface area is 108 Å². The van der Waals surface area contributed by atoms with E-state index >= 15 is 0 Å². The van der Waals surface area contributed by atoms with Crippen molar-refractivity contribution in [3.63, 3.8) is 0 Å². The molecule has 0 saturated heterocycles. The lowest BCUT2D eigenvalue weighted by atomic mass is 10.2. The monoisotopic (exact) mass is 264 g/mol. The van der Waals surface area contributed by atoms with Gasteiger partial charge < -0.3 is 9.84 Å². The van der Waals surface area contributed by atoms with E-state index in [2.05, 4.69) is 9.36 Å². The molecule has 1 aromatic carbocycles. The van der Waals surface area contributed by atoms with E-state index in [9.17, 15) is 4.79 Å². The molecule has 5 nitrogen and oxygen atoms in total. The van der Waals surface area contributed by atoms with E-state index in [-0.39, 0.29) is 11.1 Å².